The Bertz CT molecular complexity index is 585. The van der Waals surface area contributed by atoms with E-state index in [2.05, 4.69) is 14.9 Å². The van der Waals surface area contributed by atoms with E-state index in [9.17, 15) is 4.39 Å². The topological polar surface area (TPSA) is 29.9 Å². The van der Waals surface area contributed by atoms with E-state index in [1.54, 1.807) is 6.07 Å². The van der Waals surface area contributed by atoms with Crippen LogP contribution in [0.15, 0.2) is 30.6 Å². The van der Waals surface area contributed by atoms with Crippen molar-refractivity contribution < 1.29 is 4.39 Å². The van der Waals surface area contributed by atoms with Crippen molar-refractivity contribution in [3.63, 3.8) is 0 Å². The molecule has 0 radical (unpaired) electrons. The largest absolute Gasteiger partial charge is 0.325 e. The lowest BCUT2D eigenvalue weighted by molar-refractivity contribution is 0.356. The number of anilines is 2. The molecule has 3 rings (SSSR count). The minimum absolute atomic E-state index is 0.228. The lowest BCUT2D eigenvalue weighted by Gasteiger charge is -2.25. The van der Waals surface area contributed by atoms with E-state index >= 15 is 0 Å². The van der Waals surface area contributed by atoms with Gasteiger partial charge in [0.25, 0.3) is 0 Å². The number of benzene rings is 1. The highest BCUT2D eigenvalue weighted by Gasteiger charge is 2.18. The summed E-state index contributed by atoms with van der Waals surface area (Å²) < 4.78 is 15.6. The van der Waals surface area contributed by atoms with Crippen molar-refractivity contribution in [3.8, 4) is 0 Å². The molecular formula is C16H20FN3. The van der Waals surface area contributed by atoms with Gasteiger partial charge in [-0.3, -0.25) is 0 Å². The molecule has 0 unspecified atom stereocenters. The summed E-state index contributed by atoms with van der Waals surface area (Å²) in [5.41, 5.74) is 1.80. The number of nitrogens with zero attached hydrogens (tertiary/aromatic N) is 2. The molecule has 4 heteroatoms. The molecule has 20 heavy (non-hydrogen) atoms. The molecule has 0 spiro atoms. The van der Waals surface area contributed by atoms with Crippen LogP contribution >= 0.6 is 0 Å². The molecule has 1 heterocycles. The summed E-state index contributed by atoms with van der Waals surface area (Å²) in [5.74, 6) is 0.583. The van der Waals surface area contributed by atoms with Gasteiger partial charge >= 0.3 is 0 Å². The Morgan fingerprint density at radius 2 is 2.05 bits per heavy atom. The van der Waals surface area contributed by atoms with E-state index in [0.717, 1.165) is 17.2 Å². The normalized spacial score (nSPS) is 16.3. The maximum Gasteiger partial charge on any atom is 0.207 e. The predicted octanol–water partition coefficient (Wildman–Crippen LogP) is 4.58. The van der Waals surface area contributed by atoms with Gasteiger partial charge in [0.15, 0.2) is 0 Å². The fraction of sp³-hybridized carbons (Fsp3) is 0.438. The first-order chi connectivity index (χ1) is 9.74. The van der Waals surface area contributed by atoms with Gasteiger partial charge in [0, 0.05) is 24.1 Å². The Kier molecular flexibility index (Phi) is 3.72. The zero-order valence-electron chi connectivity index (χ0n) is 11.8. The molecule has 1 aromatic heterocycles. The SMILES string of the molecule is Cc1ccc(F)cc1Nc1nccn1C1CCCCC1. The summed E-state index contributed by atoms with van der Waals surface area (Å²) in [6, 6.07) is 5.30. The molecule has 1 aliphatic rings. The number of hydrogen-bond acceptors (Lipinski definition) is 2. The Labute approximate surface area is 118 Å². The summed E-state index contributed by atoms with van der Waals surface area (Å²) in [6.07, 6.45) is 10.1. The van der Waals surface area contributed by atoms with Crippen molar-refractivity contribution >= 4 is 11.6 Å². The lowest BCUT2D eigenvalue weighted by Crippen LogP contribution is -2.14. The van der Waals surface area contributed by atoms with Gasteiger partial charge < -0.3 is 9.88 Å². The highest BCUT2D eigenvalue weighted by Crippen LogP contribution is 2.31. The summed E-state index contributed by atoms with van der Waals surface area (Å²) in [4.78, 5) is 4.39. The number of imidazole rings is 1. The molecule has 1 N–H and O–H groups in total. The van der Waals surface area contributed by atoms with Crippen molar-refractivity contribution in [1.82, 2.24) is 9.55 Å². The second-order valence-corrected chi connectivity index (χ2v) is 5.53. The van der Waals surface area contributed by atoms with Crippen LogP contribution in [0.2, 0.25) is 0 Å². The number of rotatable bonds is 3. The second-order valence-electron chi connectivity index (χ2n) is 5.53. The zero-order chi connectivity index (χ0) is 13.9. The maximum absolute atomic E-state index is 13.4. The highest BCUT2D eigenvalue weighted by molar-refractivity contribution is 5.58. The number of halogens is 1. The minimum atomic E-state index is -0.228. The molecule has 106 valence electrons. The fourth-order valence-electron chi connectivity index (χ4n) is 2.91. The average molecular weight is 273 g/mol. The molecule has 1 aromatic carbocycles. The number of hydrogen-bond donors (Lipinski definition) is 1. The molecule has 0 amide bonds. The smallest absolute Gasteiger partial charge is 0.207 e. The Morgan fingerprint density at radius 3 is 2.85 bits per heavy atom. The van der Waals surface area contributed by atoms with E-state index in [1.165, 1.54) is 44.2 Å². The molecule has 0 saturated heterocycles. The fourth-order valence-corrected chi connectivity index (χ4v) is 2.91. The molecule has 1 saturated carbocycles. The number of aromatic nitrogens is 2. The Morgan fingerprint density at radius 1 is 1.25 bits per heavy atom. The molecule has 1 aliphatic carbocycles. The molecule has 0 atom stereocenters. The van der Waals surface area contributed by atoms with E-state index in [4.69, 9.17) is 0 Å². The quantitative estimate of drug-likeness (QED) is 0.887. The predicted molar refractivity (Wildman–Crippen MR) is 78.8 cm³/mol. The van der Waals surface area contributed by atoms with Crippen LogP contribution in [0.1, 0.15) is 43.7 Å². The van der Waals surface area contributed by atoms with Gasteiger partial charge in [-0.25, -0.2) is 9.37 Å². The van der Waals surface area contributed by atoms with Crippen molar-refractivity contribution in [1.29, 1.82) is 0 Å². The molecule has 3 nitrogen and oxygen atoms in total. The van der Waals surface area contributed by atoms with Crippen LogP contribution < -0.4 is 5.32 Å². The molecule has 2 aromatic rings. The van der Waals surface area contributed by atoms with Crippen LogP contribution in [0.4, 0.5) is 16.0 Å². The first-order valence-corrected chi connectivity index (χ1v) is 7.30. The summed E-state index contributed by atoms with van der Waals surface area (Å²) in [7, 11) is 0. The van der Waals surface area contributed by atoms with Crippen LogP contribution in [-0.4, -0.2) is 9.55 Å². The van der Waals surface area contributed by atoms with Crippen molar-refractivity contribution in [2.24, 2.45) is 0 Å². The van der Waals surface area contributed by atoms with Crippen LogP contribution in [-0.2, 0) is 0 Å². The van der Waals surface area contributed by atoms with E-state index in [1.807, 2.05) is 19.3 Å². The maximum atomic E-state index is 13.4. The monoisotopic (exact) mass is 273 g/mol. The van der Waals surface area contributed by atoms with Gasteiger partial charge in [-0.15, -0.1) is 0 Å². The second kappa shape index (κ2) is 5.65. The third-order valence-corrected chi connectivity index (χ3v) is 4.08. The van der Waals surface area contributed by atoms with Gasteiger partial charge in [0.2, 0.25) is 5.95 Å². The zero-order valence-corrected chi connectivity index (χ0v) is 11.8. The van der Waals surface area contributed by atoms with Gasteiger partial charge in [-0.1, -0.05) is 25.3 Å². The Hall–Kier alpha value is -1.84. The Balaban J connectivity index is 1.84. The van der Waals surface area contributed by atoms with Crippen LogP contribution in [0.5, 0.6) is 0 Å². The van der Waals surface area contributed by atoms with E-state index in [0.29, 0.717) is 6.04 Å². The van der Waals surface area contributed by atoms with E-state index < -0.39 is 0 Å². The van der Waals surface area contributed by atoms with Crippen molar-refractivity contribution in [2.75, 3.05) is 5.32 Å². The molecule has 0 bridgehead atoms. The molecular weight excluding hydrogens is 253 g/mol. The third kappa shape index (κ3) is 2.69. The minimum Gasteiger partial charge on any atom is -0.325 e. The lowest BCUT2D eigenvalue weighted by atomic mass is 9.95. The molecule has 0 aliphatic heterocycles. The average Bonchev–Trinajstić information content (AvgIpc) is 2.92. The van der Waals surface area contributed by atoms with Crippen molar-refractivity contribution in [2.45, 2.75) is 45.1 Å². The van der Waals surface area contributed by atoms with Gasteiger partial charge in [0.1, 0.15) is 5.82 Å². The third-order valence-electron chi connectivity index (χ3n) is 4.08. The van der Waals surface area contributed by atoms with Crippen LogP contribution in [0.3, 0.4) is 0 Å². The van der Waals surface area contributed by atoms with Gasteiger partial charge in [-0.2, -0.15) is 0 Å². The van der Waals surface area contributed by atoms with Gasteiger partial charge in [-0.05, 0) is 37.5 Å². The summed E-state index contributed by atoms with van der Waals surface area (Å²) in [6.45, 7) is 1.97. The van der Waals surface area contributed by atoms with Crippen LogP contribution in [0, 0.1) is 12.7 Å². The number of aryl methyl sites for hydroxylation is 1. The van der Waals surface area contributed by atoms with E-state index in [-0.39, 0.29) is 5.82 Å². The molecule has 1 fully saturated rings. The highest BCUT2D eigenvalue weighted by atomic mass is 19.1. The van der Waals surface area contributed by atoms with Crippen molar-refractivity contribution in [3.05, 3.63) is 42.0 Å². The summed E-state index contributed by atoms with van der Waals surface area (Å²) >= 11 is 0. The van der Waals surface area contributed by atoms with Gasteiger partial charge in [0.05, 0.1) is 0 Å². The summed E-state index contributed by atoms with van der Waals surface area (Å²) in [5, 5.41) is 3.27. The van der Waals surface area contributed by atoms with Crippen LogP contribution in [0.25, 0.3) is 0 Å². The first kappa shape index (κ1) is 13.2. The first-order valence-electron chi connectivity index (χ1n) is 7.30. The standard InChI is InChI=1S/C16H20FN3/c1-12-7-8-13(17)11-15(12)19-16-18-9-10-20(16)14-5-3-2-4-6-14/h7-11,14H,2-6H2,1H3,(H,18,19). The number of nitrogens with one attached hydrogen (secondary N) is 1.